The highest BCUT2D eigenvalue weighted by Gasteiger charge is 2.32. The van der Waals surface area contributed by atoms with E-state index in [0.717, 1.165) is 22.6 Å². The summed E-state index contributed by atoms with van der Waals surface area (Å²) in [4.78, 5) is 22.5. The van der Waals surface area contributed by atoms with Gasteiger partial charge in [0.15, 0.2) is 0 Å². The minimum Gasteiger partial charge on any atom is -0.387 e. The molecule has 1 aliphatic rings. The summed E-state index contributed by atoms with van der Waals surface area (Å²) < 4.78 is 0. The fraction of sp³-hybridized carbons (Fsp3) is 0.471. The van der Waals surface area contributed by atoms with Crippen LogP contribution < -0.4 is 11.1 Å². The molecule has 1 amide bonds. The Kier molecular flexibility index (Phi) is 4.93. The summed E-state index contributed by atoms with van der Waals surface area (Å²) in [6.45, 7) is 4.49. The zero-order valence-corrected chi connectivity index (χ0v) is 14.6. The van der Waals surface area contributed by atoms with Gasteiger partial charge in [-0.1, -0.05) is 13.8 Å². The highest BCUT2D eigenvalue weighted by Crippen LogP contribution is 2.43. The van der Waals surface area contributed by atoms with Gasteiger partial charge >= 0.3 is 0 Å². The van der Waals surface area contributed by atoms with Gasteiger partial charge in [-0.2, -0.15) is 0 Å². The van der Waals surface area contributed by atoms with E-state index in [9.17, 15) is 9.90 Å². The fourth-order valence-corrected chi connectivity index (χ4v) is 4.01. The van der Waals surface area contributed by atoms with Crippen LogP contribution in [0.1, 0.15) is 59.6 Å². The first-order chi connectivity index (χ1) is 11.5. The summed E-state index contributed by atoms with van der Waals surface area (Å²) in [5, 5.41) is 13.0. The molecule has 0 aliphatic heterocycles. The Labute approximate surface area is 145 Å². The third-order valence-electron chi connectivity index (χ3n) is 4.48. The van der Waals surface area contributed by atoms with Gasteiger partial charge in [0, 0.05) is 18.2 Å². The smallest absolute Gasteiger partial charge is 0.261 e. The number of thiophene rings is 1. The van der Waals surface area contributed by atoms with Crippen molar-refractivity contribution in [2.45, 2.75) is 44.8 Å². The van der Waals surface area contributed by atoms with Crippen LogP contribution in [0.5, 0.6) is 0 Å². The molecule has 0 saturated heterocycles. The van der Waals surface area contributed by atoms with Crippen LogP contribution >= 0.6 is 11.3 Å². The second-order valence-corrected chi connectivity index (χ2v) is 7.24. The normalized spacial score (nSPS) is 20.7. The summed E-state index contributed by atoms with van der Waals surface area (Å²) in [6, 6.07) is 3.70. The number of carbonyl (C=O) groups is 1. The first-order valence-electron chi connectivity index (χ1n) is 8.19. The number of rotatable bonds is 5. The van der Waals surface area contributed by atoms with E-state index in [4.69, 9.17) is 5.73 Å². The van der Waals surface area contributed by atoms with Gasteiger partial charge in [0.25, 0.3) is 5.91 Å². The van der Waals surface area contributed by atoms with Crippen molar-refractivity contribution in [3.05, 3.63) is 34.6 Å². The van der Waals surface area contributed by atoms with Gasteiger partial charge in [0.1, 0.15) is 6.33 Å². The molecule has 0 saturated carbocycles. The number of hydrogen-bond acceptors (Lipinski definition) is 6. The van der Waals surface area contributed by atoms with Crippen molar-refractivity contribution in [1.29, 1.82) is 0 Å². The quantitative estimate of drug-likeness (QED) is 0.770. The SMILES string of the molecule is CCC(CN)NC(=O)c1ccc(-c2ncnc3c2[C@H](C)C[C@H]3O)s1. The minimum atomic E-state index is -0.533. The molecule has 2 heterocycles. The summed E-state index contributed by atoms with van der Waals surface area (Å²) >= 11 is 1.40. The number of nitrogens with zero attached hydrogens (tertiary/aromatic N) is 2. The lowest BCUT2D eigenvalue weighted by Crippen LogP contribution is -2.39. The average Bonchev–Trinajstić information content (AvgIpc) is 3.18. The molecule has 3 rings (SSSR count). The second-order valence-electron chi connectivity index (χ2n) is 6.15. The van der Waals surface area contributed by atoms with E-state index in [0.29, 0.717) is 23.5 Å². The maximum absolute atomic E-state index is 12.3. The maximum atomic E-state index is 12.3. The third kappa shape index (κ3) is 3.07. The number of nitrogens with two attached hydrogens (primary N) is 1. The number of aromatic nitrogens is 2. The van der Waals surface area contributed by atoms with Gasteiger partial charge in [-0.25, -0.2) is 9.97 Å². The Balaban J connectivity index is 1.89. The Morgan fingerprint density at radius 2 is 2.29 bits per heavy atom. The second kappa shape index (κ2) is 6.96. The number of aliphatic hydroxyl groups is 1. The van der Waals surface area contributed by atoms with E-state index in [1.54, 1.807) is 0 Å². The molecule has 1 unspecified atom stereocenters. The molecule has 4 N–H and O–H groups in total. The molecule has 0 spiro atoms. The number of fused-ring (bicyclic) bond motifs is 1. The van der Waals surface area contributed by atoms with Gasteiger partial charge in [0.2, 0.25) is 0 Å². The van der Waals surface area contributed by atoms with Crippen LogP contribution in [-0.4, -0.2) is 33.6 Å². The van der Waals surface area contributed by atoms with Crippen LogP contribution in [0.3, 0.4) is 0 Å². The van der Waals surface area contributed by atoms with E-state index in [2.05, 4.69) is 22.2 Å². The number of aliphatic hydroxyl groups excluding tert-OH is 1. The third-order valence-corrected chi connectivity index (χ3v) is 5.57. The standard InChI is InChI=1S/C17H22N4O2S/c1-3-10(7-18)21-17(23)13-5-4-12(24-13)16-14-9(2)6-11(22)15(14)19-8-20-16/h4-5,8-11,22H,3,6-7,18H2,1-2H3,(H,21,23)/t9-,10?,11-/m1/s1. The number of hydrogen-bond donors (Lipinski definition) is 3. The lowest BCUT2D eigenvalue weighted by molar-refractivity contribution is 0.0941. The molecular formula is C17H22N4O2S. The van der Waals surface area contributed by atoms with E-state index < -0.39 is 6.10 Å². The van der Waals surface area contributed by atoms with Crippen molar-refractivity contribution < 1.29 is 9.90 Å². The molecule has 2 aromatic rings. The van der Waals surface area contributed by atoms with Gasteiger partial charge in [0.05, 0.1) is 27.2 Å². The van der Waals surface area contributed by atoms with Gasteiger partial charge in [-0.3, -0.25) is 4.79 Å². The molecular weight excluding hydrogens is 324 g/mol. The monoisotopic (exact) mass is 346 g/mol. The molecule has 0 aromatic carbocycles. The number of nitrogens with one attached hydrogen (secondary N) is 1. The van der Waals surface area contributed by atoms with Crippen molar-refractivity contribution in [2.24, 2.45) is 5.73 Å². The Morgan fingerprint density at radius 1 is 1.50 bits per heavy atom. The molecule has 24 heavy (non-hydrogen) atoms. The summed E-state index contributed by atoms with van der Waals surface area (Å²) in [5.74, 6) is 0.0922. The predicted molar refractivity (Wildman–Crippen MR) is 93.9 cm³/mol. The Hall–Kier alpha value is -1.83. The Bertz CT molecular complexity index is 742. The lowest BCUT2D eigenvalue weighted by atomic mass is 10.0. The van der Waals surface area contributed by atoms with Crippen LogP contribution in [0, 0.1) is 0 Å². The molecule has 6 nitrogen and oxygen atoms in total. The van der Waals surface area contributed by atoms with Crippen molar-refractivity contribution in [1.82, 2.24) is 15.3 Å². The first kappa shape index (κ1) is 17.0. The zero-order valence-electron chi connectivity index (χ0n) is 13.8. The van der Waals surface area contributed by atoms with Gasteiger partial charge < -0.3 is 16.2 Å². The molecule has 0 fully saturated rings. The fourth-order valence-electron chi connectivity index (χ4n) is 3.09. The largest absolute Gasteiger partial charge is 0.387 e. The summed E-state index contributed by atoms with van der Waals surface area (Å²) in [6.07, 6.45) is 2.41. The predicted octanol–water partition coefficient (Wildman–Crippen LogP) is 2.21. The maximum Gasteiger partial charge on any atom is 0.261 e. The van der Waals surface area contributed by atoms with Crippen LogP contribution in [-0.2, 0) is 0 Å². The summed E-state index contributed by atoms with van der Waals surface area (Å²) in [7, 11) is 0. The molecule has 0 bridgehead atoms. The van der Waals surface area contributed by atoms with E-state index in [1.807, 2.05) is 19.1 Å². The van der Waals surface area contributed by atoms with Gasteiger partial charge in [-0.05, 0) is 30.9 Å². The van der Waals surface area contributed by atoms with Gasteiger partial charge in [-0.15, -0.1) is 11.3 Å². The summed E-state index contributed by atoms with van der Waals surface area (Å²) in [5.41, 5.74) is 8.16. The highest BCUT2D eigenvalue weighted by atomic mass is 32.1. The van der Waals surface area contributed by atoms with E-state index in [1.165, 1.54) is 17.7 Å². The molecule has 3 atom stereocenters. The van der Waals surface area contributed by atoms with E-state index >= 15 is 0 Å². The minimum absolute atomic E-state index is 0.0125. The van der Waals surface area contributed by atoms with Crippen molar-refractivity contribution in [2.75, 3.05) is 6.54 Å². The molecule has 2 aromatic heterocycles. The lowest BCUT2D eigenvalue weighted by Gasteiger charge is -2.13. The Morgan fingerprint density at radius 3 is 3.00 bits per heavy atom. The van der Waals surface area contributed by atoms with Crippen molar-refractivity contribution >= 4 is 17.2 Å². The molecule has 0 radical (unpaired) electrons. The topological polar surface area (TPSA) is 101 Å². The van der Waals surface area contributed by atoms with Crippen LogP contribution in [0.4, 0.5) is 0 Å². The van der Waals surface area contributed by atoms with Crippen molar-refractivity contribution in [3.63, 3.8) is 0 Å². The molecule has 128 valence electrons. The molecule has 7 heteroatoms. The van der Waals surface area contributed by atoms with Crippen LogP contribution in [0.15, 0.2) is 18.5 Å². The number of carbonyl (C=O) groups excluding carboxylic acids is 1. The van der Waals surface area contributed by atoms with E-state index in [-0.39, 0.29) is 17.9 Å². The van der Waals surface area contributed by atoms with Crippen LogP contribution in [0.25, 0.3) is 10.6 Å². The zero-order chi connectivity index (χ0) is 17.3. The van der Waals surface area contributed by atoms with Crippen LogP contribution in [0.2, 0.25) is 0 Å². The molecule has 1 aliphatic carbocycles. The number of amides is 1. The van der Waals surface area contributed by atoms with Crippen molar-refractivity contribution in [3.8, 4) is 10.6 Å². The average molecular weight is 346 g/mol. The highest BCUT2D eigenvalue weighted by molar-refractivity contribution is 7.17. The first-order valence-corrected chi connectivity index (χ1v) is 9.00.